The molecular formula is C7H8BrIN2O2. The normalized spacial score (nSPS) is 10.4. The van der Waals surface area contributed by atoms with Gasteiger partial charge in [-0.2, -0.15) is 5.10 Å². The van der Waals surface area contributed by atoms with Crippen LogP contribution in [-0.2, 0) is 16.7 Å². The third-order valence-electron chi connectivity index (χ3n) is 1.61. The van der Waals surface area contributed by atoms with Gasteiger partial charge in [-0.15, -0.1) is 0 Å². The molecule has 6 heteroatoms. The van der Waals surface area contributed by atoms with Crippen molar-refractivity contribution in [3.63, 3.8) is 0 Å². The number of nitrogens with zero attached hydrogens (tertiary/aromatic N) is 2. The first-order valence-electron chi connectivity index (χ1n) is 3.55. The minimum absolute atomic E-state index is 0.0746. The fourth-order valence-corrected chi connectivity index (χ4v) is 2.45. The van der Waals surface area contributed by atoms with Gasteiger partial charge in [-0.1, -0.05) is 15.9 Å². The smallest absolute Gasteiger partial charge is 0.325 e. The monoisotopic (exact) mass is 358 g/mol. The van der Waals surface area contributed by atoms with Crippen molar-refractivity contribution in [2.75, 3.05) is 0 Å². The van der Waals surface area contributed by atoms with Crippen LogP contribution < -0.4 is 0 Å². The first-order chi connectivity index (χ1) is 6.06. The average molecular weight is 359 g/mol. The molecule has 1 N–H and O–H groups in total. The lowest BCUT2D eigenvalue weighted by atomic mass is 10.4. The molecule has 0 unspecified atom stereocenters. The largest absolute Gasteiger partial charge is 0.480 e. The summed E-state index contributed by atoms with van der Waals surface area (Å²) >= 11 is 5.46. The second-order valence-corrected chi connectivity index (χ2v) is 4.17. The lowest BCUT2D eigenvalue weighted by molar-refractivity contribution is -0.137. The SMILES string of the molecule is Cc1c(I)c(CBr)nn1CC(=O)O. The summed E-state index contributed by atoms with van der Waals surface area (Å²) in [5, 5.41) is 13.4. The minimum Gasteiger partial charge on any atom is -0.480 e. The Labute approximate surface area is 97.6 Å². The predicted octanol–water partition coefficient (Wildman–Crippen LogP) is 1.78. The van der Waals surface area contributed by atoms with Crippen LogP contribution >= 0.6 is 38.5 Å². The van der Waals surface area contributed by atoms with E-state index < -0.39 is 5.97 Å². The molecule has 0 bridgehead atoms. The number of hydrogen-bond acceptors (Lipinski definition) is 2. The van der Waals surface area contributed by atoms with Crippen LogP contribution in [-0.4, -0.2) is 20.9 Å². The summed E-state index contributed by atoms with van der Waals surface area (Å²) < 4.78 is 2.52. The molecule has 0 atom stereocenters. The molecular weight excluding hydrogens is 351 g/mol. The van der Waals surface area contributed by atoms with E-state index in [0.29, 0.717) is 5.33 Å². The van der Waals surface area contributed by atoms with Crippen LogP contribution in [0.15, 0.2) is 0 Å². The summed E-state index contributed by atoms with van der Waals surface area (Å²) in [6.45, 7) is 1.79. The molecule has 1 aromatic heterocycles. The van der Waals surface area contributed by atoms with Crippen LogP contribution in [0.5, 0.6) is 0 Å². The molecule has 0 aromatic carbocycles. The average Bonchev–Trinajstić information content (AvgIpc) is 2.32. The highest BCUT2D eigenvalue weighted by molar-refractivity contribution is 14.1. The second-order valence-electron chi connectivity index (χ2n) is 2.53. The van der Waals surface area contributed by atoms with Gasteiger partial charge in [0.1, 0.15) is 6.54 Å². The fraction of sp³-hybridized carbons (Fsp3) is 0.429. The number of aromatic nitrogens is 2. The number of carbonyl (C=O) groups is 1. The highest BCUT2D eigenvalue weighted by Gasteiger charge is 2.12. The Morgan fingerprint density at radius 3 is 2.77 bits per heavy atom. The first-order valence-corrected chi connectivity index (χ1v) is 5.75. The summed E-state index contributed by atoms with van der Waals surface area (Å²) in [7, 11) is 0. The number of alkyl halides is 1. The van der Waals surface area contributed by atoms with E-state index in [1.165, 1.54) is 4.68 Å². The Morgan fingerprint density at radius 2 is 2.38 bits per heavy atom. The molecule has 13 heavy (non-hydrogen) atoms. The van der Waals surface area contributed by atoms with Crippen molar-refractivity contribution in [3.05, 3.63) is 15.0 Å². The van der Waals surface area contributed by atoms with Gasteiger partial charge in [-0.25, -0.2) is 0 Å². The van der Waals surface area contributed by atoms with Crippen molar-refractivity contribution in [2.45, 2.75) is 18.8 Å². The van der Waals surface area contributed by atoms with E-state index in [9.17, 15) is 4.79 Å². The zero-order valence-electron chi connectivity index (χ0n) is 6.92. The van der Waals surface area contributed by atoms with Crippen molar-refractivity contribution in [1.29, 1.82) is 0 Å². The third-order valence-corrected chi connectivity index (χ3v) is 3.55. The minimum atomic E-state index is -0.872. The van der Waals surface area contributed by atoms with E-state index in [0.717, 1.165) is 15.0 Å². The van der Waals surface area contributed by atoms with Crippen LogP contribution in [0.2, 0.25) is 0 Å². The number of rotatable bonds is 3. The molecule has 1 rings (SSSR count). The van der Waals surface area contributed by atoms with E-state index in [1.807, 2.05) is 6.92 Å². The number of carboxylic acid groups (broad SMARTS) is 1. The van der Waals surface area contributed by atoms with Gasteiger partial charge >= 0.3 is 5.97 Å². The van der Waals surface area contributed by atoms with Crippen LogP contribution in [0.4, 0.5) is 0 Å². The summed E-state index contributed by atoms with van der Waals surface area (Å²) in [4.78, 5) is 10.5. The van der Waals surface area contributed by atoms with Crippen LogP contribution in [0.1, 0.15) is 11.4 Å². The van der Waals surface area contributed by atoms with Gasteiger partial charge in [0.25, 0.3) is 0 Å². The van der Waals surface area contributed by atoms with E-state index in [-0.39, 0.29) is 6.54 Å². The van der Waals surface area contributed by atoms with Gasteiger partial charge in [-0.3, -0.25) is 9.48 Å². The topological polar surface area (TPSA) is 55.1 Å². The predicted molar refractivity (Wildman–Crippen MR) is 59.9 cm³/mol. The van der Waals surface area contributed by atoms with Gasteiger partial charge in [0, 0.05) is 11.0 Å². The molecule has 0 aliphatic rings. The number of aliphatic carboxylic acids is 1. The fourth-order valence-electron chi connectivity index (χ4n) is 0.954. The van der Waals surface area contributed by atoms with Crippen molar-refractivity contribution < 1.29 is 9.90 Å². The number of hydrogen-bond donors (Lipinski definition) is 1. The second kappa shape index (κ2) is 4.41. The zero-order valence-corrected chi connectivity index (χ0v) is 10.7. The standard InChI is InChI=1S/C7H8BrIN2O2/c1-4-7(9)5(2-8)10-11(4)3-6(12)13/h2-3H2,1H3,(H,12,13). The van der Waals surface area contributed by atoms with Crippen molar-refractivity contribution in [1.82, 2.24) is 9.78 Å². The van der Waals surface area contributed by atoms with Crippen LogP contribution in [0.3, 0.4) is 0 Å². The Kier molecular flexibility index (Phi) is 3.72. The van der Waals surface area contributed by atoms with Crippen molar-refractivity contribution >= 4 is 44.5 Å². The Bertz CT molecular complexity index is 337. The number of carboxylic acids is 1. The molecule has 1 aromatic rings. The third kappa shape index (κ3) is 2.43. The first kappa shape index (κ1) is 11.0. The Balaban J connectivity index is 3.02. The maximum Gasteiger partial charge on any atom is 0.325 e. The van der Waals surface area contributed by atoms with Gasteiger partial charge in [0.2, 0.25) is 0 Å². The summed E-state index contributed by atoms with van der Waals surface area (Å²) in [6, 6.07) is 0. The highest BCUT2D eigenvalue weighted by atomic mass is 127. The molecule has 0 spiro atoms. The van der Waals surface area contributed by atoms with Crippen molar-refractivity contribution in [3.8, 4) is 0 Å². The van der Waals surface area contributed by atoms with E-state index in [2.05, 4.69) is 43.6 Å². The maximum atomic E-state index is 10.5. The summed E-state index contributed by atoms with van der Waals surface area (Å²) in [5.74, 6) is -0.872. The Hall–Kier alpha value is -0.110. The van der Waals surface area contributed by atoms with Gasteiger partial charge < -0.3 is 5.11 Å². The summed E-state index contributed by atoms with van der Waals surface area (Å²) in [6.07, 6.45) is 0. The molecule has 0 aliphatic heterocycles. The lowest BCUT2D eigenvalue weighted by Crippen LogP contribution is -2.11. The van der Waals surface area contributed by atoms with E-state index >= 15 is 0 Å². The molecule has 72 valence electrons. The Morgan fingerprint density at radius 1 is 1.77 bits per heavy atom. The van der Waals surface area contributed by atoms with Gasteiger partial charge in [0.15, 0.2) is 0 Å². The molecule has 1 heterocycles. The van der Waals surface area contributed by atoms with E-state index in [1.54, 1.807) is 0 Å². The summed E-state index contributed by atoms with van der Waals surface area (Å²) in [5.41, 5.74) is 1.79. The van der Waals surface area contributed by atoms with Crippen LogP contribution in [0, 0.1) is 10.5 Å². The highest BCUT2D eigenvalue weighted by Crippen LogP contribution is 2.18. The molecule has 0 saturated heterocycles. The lowest BCUT2D eigenvalue weighted by Gasteiger charge is -1.98. The quantitative estimate of drug-likeness (QED) is 0.662. The molecule has 0 amide bonds. The molecule has 0 aliphatic carbocycles. The van der Waals surface area contributed by atoms with Gasteiger partial charge in [0.05, 0.1) is 9.26 Å². The molecule has 0 radical (unpaired) electrons. The van der Waals surface area contributed by atoms with Crippen molar-refractivity contribution in [2.24, 2.45) is 0 Å². The molecule has 0 saturated carbocycles. The van der Waals surface area contributed by atoms with Crippen LogP contribution in [0.25, 0.3) is 0 Å². The van der Waals surface area contributed by atoms with E-state index in [4.69, 9.17) is 5.11 Å². The molecule has 0 fully saturated rings. The number of halogens is 2. The maximum absolute atomic E-state index is 10.5. The van der Waals surface area contributed by atoms with Gasteiger partial charge in [-0.05, 0) is 29.5 Å². The molecule has 4 nitrogen and oxygen atoms in total. The zero-order chi connectivity index (χ0) is 10.0.